The topological polar surface area (TPSA) is 54.9 Å². The third-order valence-electron chi connectivity index (χ3n) is 2.62. The second-order valence-electron chi connectivity index (χ2n) is 3.59. The third kappa shape index (κ3) is 1.46. The molecule has 4 nitrogen and oxygen atoms in total. The van der Waals surface area contributed by atoms with Crippen LogP contribution in [0.3, 0.4) is 0 Å². The van der Waals surface area contributed by atoms with Crippen molar-refractivity contribution < 1.29 is 0 Å². The van der Waals surface area contributed by atoms with E-state index in [9.17, 15) is 9.59 Å². The van der Waals surface area contributed by atoms with Crippen molar-refractivity contribution in [1.29, 1.82) is 0 Å². The second kappa shape index (κ2) is 3.79. The van der Waals surface area contributed by atoms with Crippen molar-refractivity contribution in [2.24, 2.45) is 0 Å². The quantitative estimate of drug-likeness (QED) is 0.822. The standard InChI is InChI=1S/C11H11ClN2O2/c1-3-14-10(15)8-6(2)4-5-7(12)9(8)13-11(14)16/h4-5H,3H2,1-2H3,(H,13,16). The highest BCUT2D eigenvalue weighted by Gasteiger charge is 2.10. The van der Waals surface area contributed by atoms with E-state index in [-0.39, 0.29) is 5.56 Å². The molecule has 1 heterocycles. The number of H-pyrrole nitrogens is 1. The molecule has 0 aliphatic rings. The Hall–Kier alpha value is -1.55. The molecule has 84 valence electrons. The van der Waals surface area contributed by atoms with Gasteiger partial charge in [0.1, 0.15) is 0 Å². The summed E-state index contributed by atoms with van der Waals surface area (Å²) in [6.07, 6.45) is 0. The lowest BCUT2D eigenvalue weighted by molar-refractivity contribution is 0.684. The lowest BCUT2D eigenvalue weighted by Gasteiger charge is -2.06. The van der Waals surface area contributed by atoms with Crippen molar-refractivity contribution in [2.75, 3.05) is 0 Å². The number of halogens is 1. The van der Waals surface area contributed by atoms with Gasteiger partial charge in [0, 0.05) is 6.54 Å². The highest BCUT2D eigenvalue weighted by atomic mass is 35.5. The number of benzene rings is 1. The monoisotopic (exact) mass is 238 g/mol. The maximum atomic E-state index is 12.0. The molecule has 1 aromatic heterocycles. The van der Waals surface area contributed by atoms with E-state index in [0.717, 1.165) is 10.1 Å². The molecule has 1 N–H and O–H groups in total. The maximum Gasteiger partial charge on any atom is 0.328 e. The molecule has 0 aliphatic heterocycles. The first kappa shape index (κ1) is 11.0. The van der Waals surface area contributed by atoms with E-state index in [0.29, 0.717) is 22.5 Å². The molecule has 0 saturated carbocycles. The number of aryl methyl sites for hydroxylation is 1. The molecule has 0 spiro atoms. The fourth-order valence-corrected chi connectivity index (χ4v) is 1.97. The van der Waals surface area contributed by atoms with Crippen molar-refractivity contribution in [2.45, 2.75) is 20.4 Å². The number of rotatable bonds is 1. The molecule has 16 heavy (non-hydrogen) atoms. The molecule has 0 fully saturated rings. The van der Waals surface area contributed by atoms with E-state index in [2.05, 4.69) is 4.98 Å². The number of hydrogen-bond acceptors (Lipinski definition) is 2. The Morgan fingerprint density at radius 1 is 1.38 bits per heavy atom. The van der Waals surface area contributed by atoms with Crippen LogP contribution in [0.2, 0.25) is 5.02 Å². The SMILES string of the molecule is CCn1c(=O)[nH]c2c(Cl)ccc(C)c2c1=O. The van der Waals surface area contributed by atoms with Crippen molar-refractivity contribution in [3.63, 3.8) is 0 Å². The minimum Gasteiger partial charge on any atom is -0.305 e. The minimum absolute atomic E-state index is 0.291. The van der Waals surface area contributed by atoms with Gasteiger partial charge in [-0.1, -0.05) is 17.7 Å². The summed E-state index contributed by atoms with van der Waals surface area (Å²) >= 11 is 5.95. The van der Waals surface area contributed by atoms with E-state index in [4.69, 9.17) is 11.6 Å². The molecule has 0 atom stereocenters. The van der Waals surface area contributed by atoms with Gasteiger partial charge in [-0.15, -0.1) is 0 Å². The summed E-state index contributed by atoms with van der Waals surface area (Å²) in [6.45, 7) is 3.91. The Kier molecular flexibility index (Phi) is 2.59. The van der Waals surface area contributed by atoms with Gasteiger partial charge >= 0.3 is 5.69 Å². The molecule has 2 aromatic rings. The average molecular weight is 239 g/mol. The molecule has 1 aromatic carbocycles. The van der Waals surface area contributed by atoms with E-state index in [1.54, 1.807) is 19.1 Å². The normalized spacial score (nSPS) is 10.9. The van der Waals surface area contributed by atoms with Crippen LogP contribution in [0.15, 0.2) is 21.7 Å². The van der Waals surface area contributed by atoms with E-state index in [1.165, 1.54) is 0 Å². The Bertz CT molecular complexity index is 670. The Morgan fingerprint density at radius 3 is 2.69 bits per heavy atom. The van der Waals surface area contributed by atoms with Crippen LogP contribution in [0.5, 0.6) is 0 Å². The van der Waals surface area contributed by atoms with Gasteiger partial charge in [0.15, 0.2) is 0 Å². The van der Waals surface area contributed by atoms with Gasteiger partial charge in [-0.3, -0.25) is 9.36 Å². The van der Waals surface area contributed by atoms with E-state index < -0.39 is 5.69 Å². The number of nitrogens with zero attached hydrogens (tertiary/aromatic N) is 1. The van der Waals surface area contributed by atoms with Crippen LogP contribution in [0.1, 0.15) is 12.5 Å². The molecule has 0 unspecified atom stereocenters. The van der Waals surface area contributed by atoms with Gasteiger partial charge in [0.25, 0.3) is 5.56 Å². The minimum atomic E-state index is -0.424. The maximum absolute atomic E-state index is 12.0. The van der Waals surface area contributed by atoms with Gasteiger partial charge in [0.05, 0.1) is 15.9 Å². The Morgan fingerprint density at radius 2 is 2.06 bits per heavy atom. The zero-order chi connectivity index (χ0) is 11.9. The lowest BCUT2D eigenvalue weighted by atomic mass is 10.1. The van der Waals surface area contributed by atoms with Gasteiger partial charge in [-0.25, -0.2) is 4.79 Å². The summed E-state index contributed by atoms with van der Waals surface area (Å²) in [5.41, 5.74) is 0.512. The number of aromatic nitrogens is 2. The summed E-state index contributed by atoms with van der Waals surface area (Å²) in [5.74, 6) is 0. The molecule has 5 heteroatoms. The first-order valence-corrected chi connectivity index (χ1v) is 5.36. The van der Waals surface area contributed by atoms with Crippen LogP contribution < -0.4 is 11.2 Å². The molecule has 0 radical (unpaired) electrons. The van der Waals surface area contributed by atoms with Crippen LogP contribution >= 0.6 is 11.6 Å². The predicted molar refractivity (Wildman–Crippen MR) is 64.2 cm³/mol. The lowest BCUT2D eigenvalue weighted by Crippen LogP contribution is -2.34. The molecule has 0 aliphatic carbocycles. The number of nitrogens with one attached hydrogen (secondary N) is 1. The van der Waals surface area contributed by atoms with Gasteiger partial charge in [-0.2, -0.15) is 0 Å². The molecular formula is C11H11ClN2O2. The zero-order valence-corrected chi connectivity index (χ0v) is 9.76. The summed E-state index contributed by atoms with van der Waals surface area (Å²) < 4.78 is 1.16. The fourth-order valence-electron chi connectivity index (χ4n) is 1.77. The highest BCUT2D eigenvalue weighted by molar-refractivity contribution is 6.35. The van der Waals surface area contributed by atoms with Crippen molar-refractivity contribution in [1.82, 2.24) is 9.55 Å². The zero-order valence-electron chi connectivity index (χ0n) is 9.00. The van der Waals surface area contributed by atoms with Gasteiger partial charge < -0.3 is 4.98 Å². The fraction of sp³-hybridized carbons (Fsp3) is 0.273. The first-order valence-electron chi connectivity index (χ1n) is 4.98. The summed E-state index contributed by atoms with van der Waals surface area (Å²) in [6, 6.07) is 3.44. The number of fused-ring (bicyclic) bond motifs is 1. The Labute approximate surface area is 96.5 Å². The van der Waals surface area contributed by atoms with E-state index in [1.807, 2.05) is 6.92 Å². The third-order valence-corrected chi connectivity index (χ3v) is 2.93. The summed E-state index contributed by atoms with van der Waals surface area (Å²) in [4.78, 5) is 26.3. The number of hydrogen-bond donors (Lipinski definition) is 1. The van der Waals surface area contributed by atoms with E-state index >= 15 is 0 Å². The molecule has 2 rings (SSSR count). The highest BCUT2D eigenvalue weighted by Crippen LogP contribution is 2.20. The summed E-state index contributed by atoms with van der Waals surface area (Å²) in [7, 11) is 0. The molecular weight excluding hydrogens is 228 g/mol. The van der Waals surface area contributed by atoms with Crippen LogP contribution in [0.4, 0.5) is 0 Å². The second-order valence-corrected chi connectivity index (χ2v) is 4.00. The first-order chi connectivity index (χ1) is 7.56. The number of aromatic amines is 1. The van der Waals surface area contributed by atoms with Crippen LogP contribution in [0, 0.1) is 6.92 Å². The smallest absolute Gasteiger partial charge is 0.305 e. The van der Waals surface area contributed by atoms with Crippen LogP contribution in [0.25, 0.3) is 10.9 Å². The molecule has 0 amide bonds. The van der Waals surface area contributed by atoms with Gasteiger partial charge in [0.2, 0.25) is 0 Å². The summed E-state index contributed by atoms with van der Waals surface area (Å²) in [5, 5.41) is 0.868. The van der Waals surface area contributed by atoms with Gasteiger partial charge in [-0.05, 0) is 25.5 Å². The largest absolute Gasteiger partial charge is 0.328 e. The average Bonchev–Trinajstić information content (AvgIpc) is 2.24. The molecule has 0 saturated heterocycles. The van der Waals surface area contributed by atoms with Crippen LogP contribution in [-0.2, 0) is 6.54 Å². The van der Waals surface area contributed by atoms with Crippen molar-refractivity contribution in [3.8, 4) is 0 Å². The van der Waals surface area contributed by atoms with Crippen molar-refractivity contribution >= 4 is 22.5 Å². The molecule has 0 bridgehead atoms. The Balaban J connectivity index is 3.11. The predicted octanol–water partition coefficient (Wildman–Crippen LogP) is 1.67. The van der Waals surface area contributed by atoms with Crippen molar-refractivity contribution in [3.05, 3.63) is 43.6 Å². The van der Waals surface area contributed by atoms with Crippen LogP contribution in [-0.4, -0.2) is 9.55 Å².